The van der Waals surface area contributed by atoms with Gasteiger partial charge in [0, 0.05) is 6.26 Å². The van der Waals surface area contributed by atoms with Crippen LogP contribution in [0.4, 0.5) is 0 Å². The standard InChI is InChI=1S/C6H13NO2S/c1-10(8,9)6(2-3-6)4-5-7/h2-5,7H2,1H3. The molecule has 1 aliphatic carbocycles. The van der Waals surface area contributed by atoms with E-state index in [9.17, 15) is 8.42 Å². The van der Waals surface area contributed by atoms with E-state index in [1.165, 1.54) is 6.26 Å². The van der Waals surface area contributed by atoms with E-state index < -0.39 is 14.6 Å². The molecule has 0 heterocycles. The Bertz CT molecular complexity index is 216. The molecule has 4 heteroatoms. The van der Waals surface area contributed by atoms with Gasteiger partial charge in [0.15, 0.2) is 9.84 Å². The van der Waals surface area contributed by atoms with Crippen molar-refractivity contribution in [1.82, 2.24) is 0 Å². The summed E-state index contributed by atoms with van der Waals surface area (Å²) in [5, 5.41) is 0. The Balaban J connectivity index is 2.71. The minimum absolute atomic E-state index is 0.415. The SMILES string of the molecule is CS(=O)(=O)C1(CCN)CC1. The van der Waals surface area contributed by atoms with Gasteiger partial charge >= 0.3 is 0 Å². The summed E-state index contributed by atoms with van der Waals surface area (Å²) in [4.78, 5) is 0. The predicted octanol–water partition coefficient (Wildman–Crippen LogP) is -0.0876. The number of hydrogen-bond acceptors (Lipinski definition) is 3. The minimum atomic E-state index is -2.83. The summed E-state index contributed by atoms with van der Waals surface area (Å²) >= 11 is 0. The second-order valence-corrected chi connectivity index (χ2v) is 5.40. The second-order valence-electron chi connectivity index (χ2n) is 2.99. The van der Waals surface area contributed by atoms with Crippen LogP contribution in [0.1, 0.15) is 19.3 Å². The van der Waals surface area contributed by atoms with Crippen molar-refractivity contribution in [1.29, 1.82) is 0 Å². The maximum Gasteiger partial charge on any atom is 0.153 e. The Morgan fingerprint density at radius 2 is 2.00 bits per heavy atom. The van der Waals surface area contributed by atoms with Crippen LogP contribution in [0.5, 0.6) is 0 Å². The van der Waals surface area contributed by atoms with Crippen LogP contribution in [-0.4, -0.2) is 26.0 Å². The van der Waals surface area contributed by atoms with Crippen molar-refractivity contribution >= 4 is 9.84 Å². The van der Waals surface area contributed by atoms with Crippen LogP contribution in [0.2, 0.25) is 0 Å². The smallest absolute Gasteiger partial charge is 0.153 e. The summed E-state index contributed by atoms with van der Waals surface area (Å²) in [6.07, 6.45) is 3.55. The number of hydrogen-bond donors (Lipinski definition) is 1. The molecule has 0 unspecified atom stereocenters. The zero-order valence-electron chi connectivity index (χ0n) is 6.13. The van der Waals surface area contributed by atoms with Crippen molar-refractivity contribution in [3.63, 3.8) is 0 Å². The Morgan fingerprint density at radius 3 is 2.10 bits per heavy atom. The molecular weight excluding hydrogens is 150 g/mol. The van der Waals surface area contributed by atoms with Crippen LogP contribution in [0, 0.1) is 0 Å². The lowest BCUT2D eigenvalue weighted by atomic mass is 10.3. The molecule has 1 aliphatic rings. The molecule has 0 aromatic heterocycles. The average molecular weight is 163 g/mol. The first-order valence-electron chi connectivity index (χ1n) is 3.41. The molecule has 0 bridgehead atoms. The van der Waals surface area contributed by atoms with Gasteiger partial charge in [-0.05, 0) is 25.8 Å². The largest absolute Gasteiger partial charge is 0.330 e. The Morgan fingerprint density at radius 1 is 1.50 bits per heavy atom. The van der Waals surface area contributed by atoms with E-state index in [1.54, 1.807) is 0 Å². The van der Waals surface area contributed by atoms with Crippen LogP contribution in [0.3, 0.4) is 0 Å². The fourth-order valence-electron chi connectivity index (χ4n) is 1.21. The van der Waals surface area contributed by atoms with Gasteiger partial charge in [-0.2, -0.15) is 0 Å². The lowest BCUT2D eigenvalue weighted by Gasteiger charge is -2.09. The Hall–Kier alpha value is -0.0900. The molecule has 0 aliphatic heterocycles. The zero-order valence-corrected chi connectivity index (χ0v) is 6.95. The maximum absolute atomic E-state index is 11.0. The van der Waals surface area contributed by atoms with Gasteiger partial charge in [0.05, 0.1) is 4.75 Å². The van der Waals surface area contributed by atoms with Crippen molar-refractivity contribution in [3.8, 4) is 0 Å². The van der Waals surface area contributed by atoms with Gasteiger partial charge in [-0.3, -0.25) is 0 Å². The molecule has 0 saturated heterocycles. The third kappa shape index (κ3) is 1.18. The molecule has 1 rings (SSSR count). The Kier molecular flexibility index (Phi) is 1.76. The fourth-order valence-corrected chi connectivity index (χ4v) is 2.54. The first kappa shape index (κ1) is 8.01. The molecule has 10 heavy (non-hydrogen) atoms. The van der Waals surface area contributed by atoms with Gasteiger partial charge in [-0.1, -0.05) is 0 Å². The lowest BCUT2D eigenvalue weighted by Crippen LogP contribution is -2.24. The summed E-state index contributed by atoms with van der Waals surface area (Å²) in [5.74, 6) is 0. The summed E-state index contributed by atoms with van der Waals surface area (Å²) < 4.78 is 21.7. The highest BCUT2D eigenvalue weighted by Gasteiger charge is 2.50. The van der Waals surface area contributed by atoms with Crippen molar-refractivity contribution in [2.75, 3.05) is 12.8 Å². The summed E-state index contributed by atoms with van der Waals surface area (Å²) in [6.45, 7) is 0.479. The highest BCUT2D eigenvalue weighted by atomic mass is 32.2. The summed E-state index contributed by atoms with van der Waals surface area (Å²) in [7, 11) is -2.83. The molecule has 0 radical (unpaired) electrons. The molecule has 60 valence electrons. The first-order chi connectivity index (χ1) is 4.52. The molecular formula is C6H13NO2S. The third-order valence-electron chi connectivity index (χ3n) is 2.19. The maximum atomic E-state index is 11.0. The molecule has 0 aromatic rings. The number of rotatable bonds is 3. The van der Waals surface area contributed by atoms with E-state index in [2.05, 4.69) is 0 Å². The zero-order chi connectivity index (χ0) is 7.83. The molecule has 3 nitrogen and oxygen atoms in total. The number of nitrogens with two attached hydrogens (primary N) is 1. The quantitative estimate of drug-likeness (QED) is 0.632. The van der Waals surface area contributed by atoms with E-state index in [0.717, 1.165) is 12.8 Å². The van der Waals surface area contributed by atoms with Crippen molar-refractivity contribution in [2.24, 2.45) is 5.73 Å². The van der Waals surface area contributed by atoms with Gasteiger partial charge < -0.3 is 5.73 Å². The third-order valence-corrected chi connectivity index (χ3v) is 4.38. The molecule has 1 fully saturated rings. The van der Waals surface area contributed by atoms with E-state index in [4.69, 9.17) is 5.73 Å². The van der Waals surface area contributed by atoms with Crippen LogP contribution < -0.4 is 5.73 Å². The monoisotopic (exact) mass is 163 g/mol. The molecule has 0 amide bonds. The van der Waals surface area contributed by atoms with Gasteiger partial charge in [0.25, 0.3) is 0 Å². The second kappa shape index (κ2) is 2.20. The van der Waals surface area contributed by atoms with Crippen molar-refractivity contribution in [2.45, 2.75) is 24.0 Å². The van der Waals surface area contributed by atoms with E-state index in [0.29, 0.717) is 13.0 Å². The molecule has 0 aromatic carbocycles. The lowest BCUT2D eigenvalue weighted by molar-refractivity contribution is 0.575. The van der Waals surface area contributed by atoms with E-state index in [-0.39, 0.29) is 0 Å². The van der Waals surface area contributed by atoms with Gasteiger partial charge in [-0.25, -0.2) is 8.42 Å². The molecule has 2 N–H and O–H groups in total. The summed E-state index contributed by atoms with van der Waals surface area (Å²) in [5.41, 5.74) is 5.29. The van der Waals surface area contributed by atoms with Crippen molar-refractivity contribution < 1.29 is 8.42 Å². The van der Waals surface area contributed by atoms with E-state index in [1.807, 2.05) is 0 Å². The highest BCUT2D eigenvalue weighted by Crippen LogP contribution is 2.45. The Labute approximate surface area is 61.5 Å². The highest BCUT2D eigenvalue weighted by molar-refractivity contribution is 7.92. The predicted molar refractivity (Wildman–Crippen MR) is 40.5 cm³/mol. The van der Waals surface area contributed by atoms with Gasteiger partial charge in [-0.15, -0.1) is 0 Å². The molecule has 0 spiro atoms. The summed E-state index contributed by atoms with van der Waals surface area (Å²) in [6, 6.07) is 0. The van der Waals surface area contributed by atoms with Crippen LogP contribution in [0.15, 0.2) is 0 Å². The van der Waals surface area contributed by atoms with E-state index >= 15 is 0 Å². The number of sulfone groups is 1. The van der Waals surface area contributed by atoms with Crippen LogP contribution in [0.25, 0.3) is 0 Å². The first-order valence-corrected chi connectivity index (χ1v) is 5.31. The minimum Gasteiger partial charge on any atom is -0.330 e. The molecule has 0 atom stereocenters. The topological polar surface area (TPSA) is 60.2 Å². The van der Waals surface area contributed by atoms with Crippen LogP contribution in [-0.2, 0) is 9.84 Å². The normalized spacial score (nSPS) is 22.6. The van der Waals surface area contributed by atoms with Gasteiger partial charge in [0.1, 0.15) is 0 Å². The molecule has 1 saturated carbocycles. The fraction of sp³-hybridized carbons (Fsp3) is 1.00. The van der Waals surface area contributed by atoms with Crippen LogP contribution >= 0.6 is 0 Å². The average Bonchev–Trinajstić information content (AvgIpc) is 2.45. The van der Waals surface area contributed by atoms with Crippen molar-refractivity contribution in [3.05, 3.63) is 0 Å². The van der Waals surface area contributed by atoms with Gasteiger partial charge in [0.2, 0.25) is 0 Å².